The fraction of sp³-hybridized carbons (Fsp3) is 0.667. The normalized spacial score (nSPS) is 12.9. The highest BCUT2D eigenvalue weighted by molar-refractivity contribution is 6.30. The third-order valence-electron chi connectivity index (χ3n) is 2.77. The molecule has 0 aromatic carbocycles. The molecule has 0 saturated heterocycles. The van der Waals surface area contributed by atoms with Gasteiger partial charge in [0.05, 0.1) is 12.6 Å². The van der Waals surface area contributed by atoms with Crippen molar-refractivity contribution in [3.8, 4) is 0 Å². The fourth-order valence-electron chi connectivity index (χ4n) is 1.43. The van der Waals surface area contributed by atoms with Crippen molar-refractivity contribution >= 4 is 17.4 Å². The summed E-state index contributed by atoms with van der Waals surface area (Å²) in [4.78, 5) is 8.59. The third-order valence-corrected chi connectivity index (χ3v) is 3.14. The Hall–Kier alpha value is -0.870. The Bertz CT molecular complexity index is 382. The molecule has 0 spiro atoms. The number of aryl methyl sites for hydroxylation is 1. The van der Waals surface area contributed by atoms with E-state index in [9.17, 15) is 5.11 Å². The molecular weight excluding hydrogens is 238 g/mol. The van der Waals surface area contributed by atoms with E-state index in [-0.39, 0.29) is 12.6 Å². The zero-order valence-corrected chi connectivity index (χ0v) is 11.5. The molecule has 17 heavy (non-hydrogen) atoms. The quantitative estimate of drug-likeness (QED) is 0.796. The summed E-state index contributed by atoms with van der Waals surface area (Å²) in [6.07, 6.45) is 0.736. The van der Waals surface area contributed by atoms with Gasteiger partial charge < -0.3 is 10.4 Å². The number of aliphatic hydroxyl groups is 1. The average molecular weight is 258 g/mol. The van der Waals surface area contributed by atoms with Crippen LogP contribution in [0, 0.1) is 12.8 Å². The van der Waals surface area contributed by atoms with Gasteiger partial charge in [-0.2, -0.15) is 0 Å². The van der Waals surface area contributed by atoms with E-state index in [0.717, 1.165) is 17.8 Å². The number of nitrogens with zero attached hydrogens (tertiary/aromatic N) is 2. The van der Waals surface area contributed by atoms with E-state index in [1.165, 1.54) is 0 Å². The van der Waals surface area contributed by atoms with E-state index < -0.39 is 0 Å². The number of anilines is 1. The van der Waals surface area contributed by atoms with Gasteiger partial charge in [0.2, 0.25) is 0 Å². The SMILES string of the molecule is CCc1nc(Cl)c(C)c(NC(CO)C(C)C)n1. The first kappa shape index (κ1) is 14.2. The first-order chi connectivity index (χ1) is 7.99. The van der Waals surface area contributed by atoms with Gasteiger partial charge in [-0.25, -0.2) is 9.97 Å². The highest BCUT2D eigenvalue weighted by Crippen LogP contribution is 2.21. The van der Waals surface area contributed by atoms with Crippen molar-refractivity contribution in [2.45, 2.75) is 40.2 Å². The second-order valence-electron chi connectivity index (χ2n) is 4.44. The molecule has 96 valence electrons. The summed E-state index contributed by atoms with van der Waals surface area (Å²) in [5.41, 5.74) is 0.822. The number of halogens is 1. The van der Waals surface area contributed by atoms with Crippen molar-refractivity contribution in [1.29, 1.82) is 0 Å². The van der Waals surface area contributed by atoms with Gasteiger partial charge in [0.15, 0.2) is 0 Å². The van der Waals surface area contributed by atoms with Gasteiger partial charge in [-0.1, -0.05) is 32.4 Å². The summed E-state index contributed by atoms with van der Waals surface area (Å²) in [6.45, 7) is 8.02. The minimum atomic E-state index is -0.0237. The van der Waals surface area contributed by atoms with Crippen molar-refractivity contribution in [2.75, 3.05) is 11.9 Å². The van der Waals surface area contributed by atoms with Crippen LogP contribution in [-0.2, 0) is 6.42 Å². The van der Waals surface area contributed by atoms with Gasteiger partial charge in [-0.3, -0.25) is 0 Å². The van der Waals surface area contributed by atoms with Crippen LogP contribution in [0.5, 0.6) is 0 Å². The van der Waals surface area contributed by atoms with E-state index in [2.05, 4.69) is 15.3 Å². The van der Waals surface area contributed by atoms with Crippen LogP contribution in [0.25, 0.3) is 0 Å². The molecule has 1 atom stereocenters. The third kappa shape index (κ3) is 3.54. The summed E-state index contributed by atoms with van der Waals surface area (Å²) < 4.78 is 0. The number of hydrogen-bond acceptors (Lipinski definition) is 4. The molecular formula is C12H20ClN3O. The van der Waals surface area contributed by atoms with Crippen LogP contribution in [-0.4, -0.2) is 27.7 Å². The number of aliphatic hydroxyl groups excluding tert-OH is 1. The second kappa shape index (κ2) is 6.17. The molecule has 5 heteroatoms. The topological polar surface area (TPSA) is 58.0 Å². The van der Waals surface area contributed by atoms with Crippen LogP contribution >= 0.6 is 11.6 Å². The number of aromatic nitrogens is 2. The standard InChI is InChI=1S/C12H20ClN3O/c1-5-10-15-11(13)8(4)12(16-10)14-9(6-17)7(2)3/h7,9,17H,5-6H2,1-4H3,(H,14,15,16). The van der Waals surface area contributed by atoms with Crippen LogP contribution < -0.4 is 5.32 Å². The Morgan fingerprint density at radius 2 is 2.00 bits per heavy atom. The molecule has 0 fully saturated rings. The van der Waals surface area contributed by atoms with Crippen molar-refractivity contribution in [3.05, 3.63) is 16.5 Å². The van der Waals surface area contributed by atoms with Gasteiger partial charge >= 0.3 is 0 Å². The van der Waals surface area contributed by atoms with E-state index in [4.69, 9.17) is 11.6 Å². The Labute approximate surface area is 107 Å². The first-order valence-electron chi connectivity index (χ1n) is 5.90. The van der Waals surface area contributed by atoms with Gasteiger partial charge in [0.1, 0.15) is 16.8 Å². The van der Waals surface area contributed by atoms with Crippen LogP contribution in [0.3, 0.4) is 0 Å². The van der Waals surface area contributed by atoms with E-state index in [1.807, 2.05) is 27.7 Å². The molecule has 0 bridgehead atoms. The van der Waals surface area contributed by atoms with E-state index in [0.29, 0.717) is 16.9 Å². The van der Waals surface area contributed by atoms with Crippen LogP contribution in [0.2, 0.25) is 5.15 Å². The summed E-state index contributed by atoms with van der Waals surface area (Å²) in [7, 11) is 0. The number of hydrogen-bond donors (Lipinski definition) is 2. The molecule has 2 N–H and O–H groups in total. The lowest BCUT2D eigenvalue weighted by atomic mass is 10.1. The lowest BCUT2D eigenvalue weighted by molar-refractivity contribution is 0.249. The van der Waals surface area contributed by atoms with Crippen molar-refractivity contribution in [2.24, 2.45) is 5.92 Å². The Kier molecular flexibility index (Phi) is 5.15. The van der Waals surface area contributed by atoms with Crippen molar-refractivity contribution in [1.82, 2.24) is 9.97 Å². The maximum atomic E-state index is 9.31. The summed E-state index contributed by atoms with van der Waals surface area (Å²) in [6, 6.07) is -0.0237. The van der Waals surface area contributed by atoms with Crippen LogP contribution in [0.4, 0.5) is 5.82 Å². The predicted molar refractivity (Wildman–Crippen MR) is 70.5 cm³/mol. The van der Waals surface area contributed by atoms with Crippen LogP contribution in [0.1, 0.15) is 32.2 Å². The summed E-state index contributed by atoms with van der Waals surface area (Å²) >= 11 is 6.05. The zero-order chi connectivity index (χ0) is 13.0. The Morgan fingerprint density at radius 3 is 2.47 bits per heavy atom. The molecule has 0 aliphatic heterocycles. The van der Waals surface area contributed by atoms with E-state index in [1.54, 1.807) is 0 Å². The summed E-state index contributed by atoms with van der Waals surface area (Å²) in [5, 5.41) is 13.0. The predicted octanol–water partition coefficient (Wildman–Crippen LogP) is 2.43. The molecule has 1 heterocycles. The monoisotopic (exact) mass is 257 g/mol. The molecule has 1 unspecified atom stereocenters. The number of nitrogens with one attached hydrogen (secondary N) is 1. The molecule has 1 aromatic rings. The Balaban J connectivity index is 3.00. The maximum absolute atomic E-state index is 9.31. The molecule has 0 aliphatic rings. The maximum Gasteiger partial charge on any atom is 0.137 e. The number of rotatable bonds is 5. The lowest BCUT2D eigenvalue weighted by Crippen LogP contribution is -2.30. The molecule has 0 aliphatic carbocycles. The summed E-state index contributed by atoms with van der Waals surface area (Å²) in [5.74, 6) is 1.75. The van der Waals surface area contributed by atoms with Gasteiger partial charge in [0, 0.05) is 12.0 Å². The minimum Gasteiger partial charge on any atom is -0.394 e. The molecule has 4 nitrogen and oxygen atoms in total. The molecule has 0 radical (unpaired) electrons. The molecule has 0 amide bonds. The molecule has 1 aromatic heterocycles. The average Bonchev–Trinajstić information content (AvgIpc) is 2.30. The smallest absolute Gasteiger partial charge is 0.137 e. The Morgan fingerprint density at radius 1 is 1.35 bits per heavy atom. The molecule has 0 saturated carbocycles. The highest BCUT2D eigenvalue weighted by Gasteiger charge is 2.15. The van der Waals surface area contributed by atoms with Gasteiger partial charge in [-0.05, 0) is 12.8 Å². The zero-order valence-electron chi connectivity index (χ0n) is 10.8. The first-order valence-corrected chi connectivity index (χ1v) is 6.27. The van der Waals surface area contributed by atoms with Crippen molar-refractivity contribution in [3.63, 3.8) is 0 Å². The van der Waals surface area contributed by atoms with Crippen molar-refractivity contribution < 1.29 is 5.11 Å². The highest BCUT2D eigenvalue weighted by atomic mass is 35.5. The fourth-order valence-corrected chi connectivity index (χ4v) is 1.62. The minimum absolute atomic E-state index is 0.0237. The van der Waals surface area contributed by atoms with Gasteiger partial charge in [-0.15, -0.1) is 0 Å². The second-order valence-corrected chi connectivity index (χ2v) is 4.79. The van der Waals surface area contributed by atoms with Gasteiger partial charge in [0.25, 0.3) is 0 Å². The van der Waals surface area contributed by atoms with Crippen LogP contribution in [0.15, 0.2) is 0 Å². The largest absolute Gasteiger partial charge is 0.394 e. The molecule has 1 rings (SSSR count). The van der Waals surface area contributed by atoms with E-state index >= 15 is 0 Å². The lowest BCUT2D eigenvalue weighted by Gasteiger charge is -2.22.